The van der Waals surface area contributed by atoms with Crippen molar-refractivity contribution in [1.29, 1.82) is 0 Å². The van der Waals surface area contributed by atoms with E-state index in [9.17, 15) is 9.18 Å². The molecule has 0 fully saturated rings. The van der Waals surface area contributed by atoms with Crippen LogP contribution in [-0.4, -0.2) is 26.5 Å². The lowest BCUT2D eigenvalue weighted by Crippen LogP contribution is -2.18. The highest BCUT2D eigenvalue weighted by Gasteiger charge is 2.14. The van der Waals surface area contributed by atoms with Crippen LogP contribution in [0.2, 0.25) is 0 Å². The highest BCUT2D eigenvalue weighted by Crippen LogP contribution is 2.21. The highest BCUT2D eigenvalue weighted by molar-refractivity contribution is 9.10. The van der Waals surface area contributed by atoms with E-state index in [2.05, 4.69) is 31.4 Å². The van der Waals surface area contributed by atoms with Crippen molar-refractivity contribution in [3.63, 3.8) is 0 Å². The first-order valence-corrected chi connectivity index (χ1v) is 9.42. The number of nitrogen functional groups attached to an aromatic ring is 1. The summed E-state index contributed by atoms with van der Waals surface area (Å²) in [6.07, 6.45) is 0.543. The lowest BCUT2D eigenvalue weighted by Gasteiger charge is -2.07. The largest absolute Gasteiger partial charge is 0.336 e. The molecule has 134 valence electrons. The van der Waals surface area contributed by atoms with E-state index in [1.165, 1.54) is 16.8 Å². The zero-order valence-electron chi connectivity index (χ0n) is 13.5. The van der Waals surface area contributed by atoms with Crippen molar-refractivity contribution in [2.24, 2.45) is 0 Å². The molecule has 9 heteroatoms. The first-order valence-electron chi connectivity index (χ1n) is 7.64. The van der Waals surface area contributed by atoms with Crippen molar-refractivity contribution in [3.05, 3.63) is 70.2 Å². The van der Waals surface area contributed by atoms with Gasteiger partial charge in [0.2, 0.25) is 11.1 Å². The summed E-state index contributed by atoms with van der Waals surface area (Å²) >= 11 is 4.30. The number of hydrogen-bond acceptors (Lipinski definition) is 5. The van der Waals surface area contributed by atoms with Gasteiger partial charge in [0.1, 0.15) is 5.82 Å². The molecule has 1 heterocycles. The predicted molar refractivity (Wildman–Crippen MR) is 103 cm³/mol. The topological polar surface area (TPSA) is 85.8 Å². The Morgan fingerprint density at radius 1 is 1.23 bits per heavy atom. The fraction of sp³-hybridized carbons (Fsp3) is 0.118. The van der Waals surface area contributed by atoms with E-state index in [1.54, 1.807) is 6.07 Å². The van der Waals surface area contributed by atoms with Gasteiger partial charge in [-0.2, -0.15) is 0 Å². The van der Waals surface area contributed by atoms with Crippen molar-refractivity contribution >= 4 is 39.3 Å². The summed E-state index contributed by atoms with van der Waals surface area (Å²) in [5.74, 6) is 5.77. The van der Waals surface area contributed by atoms with Gasteiger partial charge in [0.05, 0.1) is 11.4 Å². The van der Waals surface area contributed by atoms with Crippen LogP contribution in [0.5, 0.6) is 0 Å². The smallest absolute Gasteiger partial charge is 0.234 e. The van der Waals surface area contributed by atoms with Gasteiger partial charge in [0.15, 0.2) is 5.82 Å². The van der Waals surface area contributed by atoms with E-state index in [0.29, 0.717) is 21.9 Å². The van der Waals surface area contributed by atoms with E-state index >= 15 is 0 Å². The second-order valence-corrected chi connectivity index (χ2v) is 7.25. The van der Waals surface area contributed by atoms with Crippen LogP contribution in [0.4, 0.5) is 10.1 Å². The Bertz CT molecular complexity index is 919. The van der Waals surface area contributed by atoms with Crippen molar-refractivity contribution in [1.82, 2.24) is 14.9 Å². The summed E-state index contributed by atoms with van der Waals surface area (Å²) in [6, 6.07) is 14.2. The molecule has 6 nitrogen and oxygen atoms in total. The van der Waals surface area contributed by atoms with Crippen LogP contribution < -0.4 is 11.2 Å². The number of nitrogens with one attached hydrogen (secondary N) is 1. The minimum absolute atomic E-state index is 0.0379. The van der Waals surface area contributed by atoms with E-state index in [1.807, 2.05) is 30.3 Å². The number of carbonyl (C=O) groups excluding carboxylic acids is 1. The molecule has 0 aliphatic carbocycles. The number of benzene rings is 2. The monoisotopic (exact) mass is 435 g/mol. The molecule has 0 saturated heterocycles. The van der Waals surface area contributed by atoms with Gasteiger partial charge in [-0.15, -0.1) is 10.2 Å². The average molecular weight is 436 g/mol. The number of nitrogens with zero attached hydrogens (tertiary/aromatic N) is 3. The molecule has 26 heavy (non-hydrogen) atoms. The third kappa shape index (κ3) is 4.61. The molecule has 0 bridgehead atoms. The van der Waals surface area contributed by atoms with Gasteiger partial charge in [-0.3, -0.25) is 4.79 Å². The molecule has 0 spiro atoms. The van der Waals surface area contributed by atoms with Crippen LogP contribution in [-0.2, 0) is 11.2 Å². The van der Waals surface area contributed by atoms with Gasteiger partial charge in [0.25, 0.3) is 0 Å². The number of halogens is 2. The van der Waals surface area contributed by atoms with E-state index in [-0.39, 0.29) is 17.3 Å². The molecule has 1 amide bonds. The lowest BCUT2D eigenvalue weighted by molar-refractivity contribution is -0.113. The predicted octanol–water partition coefficient (Wildman–Crippen LogP) is 3.22. The third-order valence-electron chi connectivity index (χ3n) is 3.48. The number of nitrogens with two attached hydrogens (primary N) is 1. The molecule has 0 saturated carbocycles. The first-order chi connectivity index (χ1) is 12.5. The molecule has 1 aromatic heterocycles. The van der Waals surface area contributed by atoms with Gasteiger partial charge in [0, 0.05) is 10.9 Å². The number of amides is 1. The van der Waals surface area contributed by atoms with Crippen LogP contribution in [0.1, 0.15) is 11.4 Å². The second-order valence-electron chi connectivity index (χ2n) is 5.39. The van der Waals surface area contributed by atoms with Gasteiger partial charge in [-0.05, 0) is 23.8 Å². The Morgan fingerprint density at radius 2 is 2.00 bits per heavy atom. The number of rotatable bonds is 6. The standard InChI is InChI=1S/C17H15BrFN5OS/c18-12-6-7-14(13(19)9-12)21-16(25)10-26-17-23-22-15(24(17)20)8-11-4-2-1-3-5-11/h1-7,9H,8,10,20H2,(H,21,25). The molecule has 2 aromatic carbocycles. The van der Waals surface area contributed by atoms with Crippen LogP contribution in [0.15, 0.2) is 58.2 Å². The van der Waals surface area contributed by atoms with E-state index in [4.69, 9.17) is 5.84 Å². The molecule has 0 aliphatic rings. The molecule has 3 N–H and O–H groups in total. The Morgan fingerprint density at radius 3 is 2.73 bits per heavy atom. The van der Waals surface area contributed by atoms with Crippen LogP contribution in [0, 0.1) is 5.82 Å². The van der Waals surface area contributed by atoms with Crippen molar-refractivity contribution in [3.8, 4) is 0 Å². The molecule has 3 aromatic rings. The summed E-state index contributed by atoms with van der Waals surface area (Å²) in [6.45, 7) is 0. The van der Waals surface area contributed by atoms with Gasteiger partial charge < -0.3 is 11.2 Å². The summed E-state index contributed by atoms with van der Waals surface area (Å²) in [5.41, 5.74) is 1.18. The second kappa shape index (κ2) is 8.33. The minimum atomic E-state index is -0.509. The number of thioether (sulfide) groups is 1. The molecule has 0 aliphatic heterocycles. The Labute approximate surface area is 162 Å². The van der Waals surface area contributed by atoms with Gasteiger partial charge in [-0.25, -0.2) is 9.07 Å². The maximum Gasteiger partial charge on any atom is 0.234 e. The van der Waals surface area contributed by atoms with Gasteiger partial charge in [-0.1, -0.05) is 58.0 Å². The summed E-state index contributed by atoms with van der Waals surface area (Å²) in [7, 11) is 0. The molecule has 0 atom stereocenters. The van der Waals surface area contributed by atoms with Crippen molar-refractivity contribution < 1.29 is 9.18 Å². The molecular weight excluding hydrogens is 421 g/mol. The quantitative estimate of drug-likeness (QED) is 0.458. The zero-order valence-corrected chi connectivity index (χ0v) is 15.9. The summed E-state index contributed by atoms with van der Waals surface area (Å²) < 4.78 is 15.7. The molecule has 0 radical (unpaired) electrons. The summed E-state index contributed by atoms with van der Waals surface area (Å²) in [5, 5.41) is 11.0. The van der Waals surface area contributed by atoms with Crippen LogP contribution >= 0.6 is 27.7 Å². The van der Waals surface area contributed by atoms with Crippen molar-refractivity contribution in [2.45, 2.75) is 11.6 Å². The highest BCUT2D eigenvalue weighted by atomic mass is 79.9. The van der Waals surface area contributed by atoms with E-state index < -0.39 is 5.82 Å². The number of aromatic nitrogens is 3. The first kappa shape index (κ1) is 18.4. The Kier molecular flexibility index (Phi) is 5.89. The van der Waals surface area contributed by atoms with Crippen LogP contribution in [0.3, 0.4) is 0 Å². The molecular formula is C17H15BrFN5OS. The molecule has 0 unspecified atom stereocenters. The zero-order chi connectivity index (χ0) is 18.5. The SMILES string of the molecule is Nn1c(Cc2ccccc2)nnc1SCC(=O)Nc1ccc(Br)cc1F. The maximum atomic E-state index is 13.8. The lowest BCUT2D eigenvalue weighted by atomic mass is 10.1. The average Bonchev–Trinajstić information content (AvgIpc) is 2.96. The third-order valence-corrected chi connectivity index (χ3v) is 4.91. The van der Waals surface area contributed by atoms with Gasteiger partial charge >= 0.3 is 0 Å². The Balaban J connectivity index is 1.58. The number of carbonyl (C=O) groups is 1. The Hall–Kier alpha value is -2.39. The van der Waals surface area contributed by atoms with Crippen LogP contribution in [0.25, 0.3) is 0 Å². The maximum absolute atomic E-state index is 13.8. The minimum Gasteiger partial charge on any atom is -0.336 e. The normalized spacial score (nSPS) is 10.7. The van der Waals surface area contributed by atoms with Crippen molar-refractivity contribution in [2.75, 3.05) is 16.9 Å². The summed E-state index contributed by atoms with van der Waals surface area (Å²) in [4.78, 5) is 12.0. The fourth-order valence-electron chi connectivity index (χ4n) is 2.21. The fourth-order valence-corrected chi connectivity index (χ4v) is 3.22. The molecule has 3 rings (SSSR count). The number of hydrogen-bond donors (Lipinski definition) is 2. The van der Waals surface area contributed by atoms with E-state index in [0.717, 1.165) is 17.3 Å². The number of anilines is 1.